The Morgan fingerprint density at radius 1 is 1.15 bits per heavy atom. The van der Waals surface area contributed by atoms with E-state index in [9.17, 15) is 9.59 Å². The average Bonchev–Trinajstić information content (AvgIpc) is 3.08. The van der Waals surface area contributed by atoms with Gasteiger partial charge in [-0.2, -0.15) is 0 Å². The molecule has 4 aromatic rings. The van der Waals surface area contributed by atoms with E-state index < -0.39 is 0 Å². The summed E-state index contributed by atoms with van der Waals surface area (Å²) in [5.74, 6) is -0.274. The van der Waals surface area contributed by atoms with Crippen LogP contribution in [0.5, 0.6) is 0 Å². The molecule has 0 N–H and O–H groups in total. The molecular formula is C20H17N3O3. The largest absolute Gasteiger partial charge is 0.451 e. The van der Waals surface area contributed by atoms with E-state index in [4.69, 9.17) is 4.42 Å². The van der Waals surface area contributed by atoms with Crippen molar-refractivity contribution in [2.24, 2.45) is 0 Å². The molecule has 0 unspecified atom stereocenters. The van der Waals surface area contributed by atoms with Crippen LogP contribution in [0.4, 0.5) is 0 Å². The number of hydrogen-bond donors (Lipinski definition) is 0. The zero-order chi connectivity index (χ0) is 18.1. The van der Waals surface area contributed by atoms with Crippen molar-refractivity contribution in [2.75, 3.05) is 13.6 Å². The van der Waals surface area contributed by atoms with Crippen LogP contribution < -0.4 is 5.43 Å². The summed E-state index contributed by atoms with van der Waals surface area (Å²) in [7, 11) is 1.69. The van der Waals surface area contributed by atoms with Crippen molar-refractivity contribution in [3.8, 4) is 0 Å². The Balaban J connectivity index is 1.54. The molecule has 2 aromatic heterocycles. The number of rotatable bonds is 4. The second-order valence-electron chi connectivity index (χ2n) is 6.12. The molecule has 26 heavy (non-hydrogen) atoms. The smallest absolute Gasteiger partial charge is 0.289 e. The minimum Gasteiger partial charge on any atom is -0.451 e. The molecule has 1 amide bonds. The van der Waals surface area contributed by atoms with Crippen LogP contribution in [0.3, 0.4) is 0 Å². The highest BCUT2D eigenvalue weighted by atomic mass is 16.3. The van der Waals surface area contributed by atoms with E-state index in [0.717, 1.165) is 11.0 Å². The first-order valence-corrected chi connectivity index (χ1v) is 8.32. The van der Waals surface area contributed by atoms with Gasteiger partial charge in [0.2, 0.25) is 0 Å². The number of nitrogens with zero attached hydrogens (tertiary/aromatic N) is 3. The van der Waals surface area contributed by atoms with Gasteiger partial charge >= 0.3 is 0 Å². The molecule has 0 aliphatic carbocycles. The zero-order valence-corrected chi connectivity index (χ0v) is 14.3. The number of carbonyl (C=O) groups is 1. The van der Waals surface area contributed by atoms with E-state index in [1.807, 2.05) is 28.8 Å². The predicted molar refractivity (Wildman–Crippen MR) is 99.2 cm³/mol. The maximum Gasteiger partial charge on any atom is 0.289 e. The Labute approximate surface area is 149 Å². The highest BCUT2D eigenvalue weighted by Crippen LogP contribution is 2.14. The third-order valence-corrected chi connectivity index (χ3v) is 4.40. The number of imidazole rings is 1. The van der Waals surface area contributed by atoms with Crippen molar-refractivity contribution < 1.29 is 9.21 Å². The zero-order valence-electron chi connectivity index (χ0n) is 14.3. The van der Waals surface area contributed by atoms with Crippen LogP contribution in [0.25, 0.3) is 22.0 Å². The molecule has 6 nitrogen and oxygen atoms in total. The van der Waals surface area contributed by atoms with Gasteiger partial charge in [0.25, 0.3) is 5.91 Å². The molecule has 4 rings (SSSR count). The van der Waals surface area contributed by atoms with Crippen molar-refractivity contribution >= 4 is 27.9 Å². The molecule has 2 aromatic carbocycles. The first-order chi connectivity index (χ1) is 12.6. The molecule has 0 spiro atoms. The SMILES string of the molecule is CN(CCn1cnc2ccccc21)C(=O)c1cc(=O)c2ccccc2o1. The summed E-state index contributed by atoms with van der Waals surface area (Å²) in [5, 5.41) is 0.469. The molecule has 0 aliphatic heterocycles. The molecule has 0 atom stereocenters. The van der Waals surface area contributed by atoms with E-state index in [2.05, 4.69) is 4.98 Å². The molecule has 0 bridgehead atoms. The highest BCUT2D eigenvalue weighted by Gasteiger charge is 2.16. The van der Waals surface area contributed by atoms with Crippen LogP contribution in [0, 0.1) is 0 Å². The predicted octanol–water partition coefficient (Wildman–Crippen LogP) is 2.91. The molecule has 6 heteroatoms. The number of fused-ring (bicyclic) bond motifs is 2. The maximum atomic E-state index is 12.6. The lowest BCUT2D eigenvalue weighted by Gasteiger charge is -2.17. The summed E-state index contributed by atoms with van der Waals surface area (Å²) in [5.41, 5.74) is 2.13. The lowest BCUT2D eigenvalue weighted by atomic mass is 10.2. The minimum absolute atomic E-state index is 0.0479. The second-order valence-corrected chi connectivity index (χ2v) is 6.12. The van der Waals surface area contributed by atoms with Crippen LogP contribution in [-0.4, -0.2) is 34.0 Å². The van der Waals surface area contributed by atoms with Crippen molar-refractivity contribution in [1.82, 2.24) is 14.5 Å². The Morgan fingerprint density at radius 3 is 2.81 bits per heavy atom. The third kappa shape index (κ3) is 2.86. The van der Waals surface area contributed by atoms with Crippen LogP contribution in [-0.2, 0) is 6.54 Å². The summed E-state index contributed by atoms with van der Waals surface area (Å²) in [6.07, 6.45) is 1.76. The fourth-order valence-corrected chi connectivity index (χ4v) is 2.95. The van der Waals surface area contributed by atoms with Crippen LogP contribution in [0.2, 0.25) is 0 Å². The Bertz CT molecular complexity index is 1160. The van der Waals surface area contributed by atoms with E-state index in [0.29, 0.717) is 24.1 Å². The minimum atomic E-state index is -0.322. The van der Waals surface area contributed by atoms with Gasteiger partial charge in [0.1, 0.15) is 5.58 Å². The summed E-state index contributed by atoms with van der Waals surface area (Å²) in [4.78, 5) is 30.7. The van der Waals surface area contributed by atoms with Crippen LogP contribution in [0.15, 0.2) is 70.1 Å². The molecule has 0 fully saturated rings. The van der Waals surface area contributed by atoms with Crippen molar-refractivity contribution in [2.45, 2.75) is 6.54 Å². The average molecular weight is 347 g/mol. The van der Waals surface area contributed by atoms with Crippen LogP contribution in [0.1, 0.15) is 10.6 Å². The first-order valence-electron chi connectivity index (χ1n) is 8.32. The van der Waals surface area contributed by atoms with Crippen LogP contribution >= 0.6 is 0 Å². The summed E-state index contributed by atoms with van der Waals surface area (Å²) >= 11 is 0. The van der Waals surface area contributed by atoms with E-state index >= 15 is 0 Å². The number of aromatic nitrogens is 2. The van der Waals surface area contributed by atoms with Gasteiger partial charge in [-0.1, -0.05) is 24.3 Å². The summed E-state index contributed by atoms with van der Waals surface area (Å²) < 4.78 is 7.62. The molecule has 0 saturated heterocycles. The van der Waals surface area contributed by atoms with Gasteiger partial charge in [0.05, 0.1) is 22.7 Å². The van der Waals surface area contributed by atoms with E-state index in [1.54, 1.807) is 42.5 Å². The number of hydrogen-bond acceptors (Lipinski definition) is 4. The molecule has 0 aliphatic rings. The summed E-state index contributed by atoms with van der Waals surface area (Å²) in [6.45, 7) is 1.07. The number of benzene rings is 2. The van der Waals surface area contributed by atoms with Gasteiger partial charge in [-0.15, -0.1) is 0 Å². The molecule has 0 saturated carbocycles. The van der Waals surface area contributed by atoms with Gasteiger partial charge in [0, 0.05) is 26.2 Å². The maximum absolute atomic E-state index is 12.6. The normalized spacial score (nSPS) is 11.1. The Morgan fingerprint density at radius 2 is 1.92 bits per heavy atom. The van der Waals surface area contributed by atoms with Gasteiger partial charge in [-0.25, -0.2) is 4.98 Å². The number of carbonyl (C=O) groups excluding carboxylic acids is 1. The number of likely N-dealkylation sites (N-methyl/N-ethyl adjacent to an activating group) is 1. The topological polar surface area (TPSA) is 68.3 Å². The van der Waals surface area contributed by atoms with Crippen molar-refractivity contribution in [3.05, 3.63) is 76.9 Å². The summed E-state index contributed by atoms with van der Waals surface area (Å²) in [6, 6.07) is 16.0. The van der Waals surface area contributed by atoms with E-state index in [-0.39, 0.29) is 17.1 Å². The molecular weight excluding hydrogens is 330 g/mol. The molecule has 130 valence electrons. The number of para-hydroxylation sites is 3. The van der Waals surface area contributed by atoms with Gasteiger partial charge in [-0.3, -0.25) is 9.59 Å². The van der Waals surface area contributed by atoms with Crippen molar-refractivity contribution in [3.63, 3.8) is 0 Å². The molecule has 2 heterocycles. The van der Waals surface area contributed by atoms with Gasteiger partial charge in [-0.05, 0) is 24.3 Å². The highest BCUT2D eigenvalue weighted by molar-refractivity contribution is 5.93. The van der Waals surface area contributed by atoms with Crippen molar-refractivity contribution in [1.29, 1.82) is 0 Å². The van der Waals surface area contributed by atoms with Gasteiger partial charge < -0.3 is 13.9 Å². The molecule has 0 radical (unpaired) electrons. The fraction of sp³-hybridized carbons (Fsp3) is 0.150. The third-order valence-electron chi connectivity index (χ3n) is 4.40. The quantitative estimate of drug-likeness (QED) is 0.569. The fourth-order valence-electron chi connectivity index (χ4n) is 2.95. The standard InChI is InChI=1S/C20H17N3O3/c1-22(10-11-23-13-21-15-7-3-4-8-16(15)23)20(25)19-12-17(24)14-6-2-5-9-18(14)26-19/h2-9,12-13H,10-11H2,1H3. The Hall–Kier alpha value is -3.41. The first kappa shape index (κ1) is 16.1. The lowest BCUT2D eigenvalue weighted by Crippen LogP contribution is -2.30. The van der Waals surface area contributed by atoms with Gasteiger partial charge in [0.15, 0.2) is 11.2 Å². The second kappa shape index (κ2) is 6.48. The Kier molecular flexibility index (Phi) is 4.01. The number of amides is 1. The lowest BCUT2D eigenvalue weighted by molar-refractivity contribution is 0.0760. The van der Waals surface area contributed by atoms with E-state index in [1.165, 1.54) is 6.07 Å². The monoisotopic (exact) mass is 347 g/mol.